The van der Waals surface area contributed by atoms with Crippen LogP contribution in [0.25, 0.3) is 10.8 Å². The fourth-order valence-corrected chi connectivity index (χ4v) is 3.91. The van der Waals surface area contributed by atoms with E-state index < -0.39 is 21.7 Å². The van der Waals surface area contributed by atoms with Gasteiger partial charge in [0.05, 0.1) is 22.0 Å². The van der Waals surface area contributed by atoms with Gasteiger partial charge in [-0.15, -0.1) is 0 Å². The molecule has 0 fully saturated rings. The van der Waals surface area contributed by atoms with E-state index >= 15 is 0 Å². The van der Waals surface area contributed by atoms with Gasteiger partial charge in [0.25, 0.3) is 0 Å². The first kappa shape index (κ1) is 17.2. The van der Waals surface area contributed by atoms with Gasteiger partial charge in [-0.1, -0.05) is 36.4 Å². The van der Waals surface area contributed by atoms with E-state index in [2.05, 4.69) is 5.32 Å². The number of anilines is 3. The third-order valence-corrected chi connectivity index (χ3v) is 5.59. The molecule has 27 heavy (non-hydrogen) atoms. The molecule has 0 saturated heterocycles. The number of benzene rings is 3. The van der Waals surface area contributed by atoms with Crippen molar-refractivity contribution in [2.45, 2.75) is 11.3 Å². The van der Waals surface area contributed by atoms with Gasteiger partial charge in [-0.25, -0.2) is 8.42 Å². The van der Waals surface area contributed by atoms with Crippen LogP contribution in [0.2, 0.25) is 0 Å². The van der Waals surface area contributed by atoms with Crippen LogP contribution in [-0.4, -0.2) is 26.5 Å². The molecule has 1 aliphatic heterocycles. The van der Waals surface area contributed by atoms with E-state index in [4.69, 9.17) is 0 Å². The Hall–Kier alpha value is -3.19. The minimum Gasteiger partial charge on any atom is -0.323 e. The molecule has 0 aromatic heterocycles. The maximum atomic E-state index is 12.8. The quantitative estimate of drug-likeness (QED) is 0.692. The minimum absolute atomic E-state index is 0.110. The molecule has 0 saturated carbocycles. The summed E-state index contributed by atoms with van der Waals surface area (Å²) in [5.74, 6) is -0.827. The van der Waals surface area contributed by atoms with Gasteiger partial charge in [0, 0.05) is 11.6 Å². The Morgan fingerprint density at radius 3 is 2.52 bits per heavy atom. The number of amides is 2. The fourth-order valence-electron chi connectivity index (χ4n) is 3.25. The first-order valence-electron chi connectivity index (χ1n) is 8.29. The number of sulfone groups is 1. The van der Waals surface area contributed by atoms with Crippen molar-refractivity contribution in [2.24, 2.45) is 0 Å². The summed E-state index contributed by atoms with van der Waals surface area (Å²) in [5.41, 5.74) is 1.44. The molecule has 2 amide bonds. The highest BCUT2D eigenvalue weighted by molar-refractivity contribution is 7.90. The van der Waals surface area contributed by atoms with E-state index in [1.807, 2.05) is 30.3 Å². The van der Waals surface area contributed by atoms with E-state index in [0.29, 0.717) is 17.1 Å². The van der Waals surface area contributed by atoms with E-state index in [-0.39, 0.29) is 11.3 Å². The van der Waals surface area contributed by atoms with Gasteiger partial charge in [-0.2, -0.15) is 0 Å². The Labute approximate surface area is 156 Å². The fraction of sp³-hybridized carbons (Fsp3) is 0.100. The SMILES string of the molecule is CS(=O)(=O)c1cccc(N2C(=O)CC(=O)Nc3c2ccc2ccccc32)c1. The smallest absolute Gasteiger partial charge is 0.241 e. The molecule has 6 nitrogen and oxygen atoms in total. The third kappa shape index (κ3) is 3.06. The summed E-state index contributed by atoms with van der Waals surface area (Å²) in [7, 11) is -3.43. The lowest BCUT2D eigenvalue weighted by atomic mass is 10.1. The van der Waals surface area contributed by atoms with Crippen LogP contribution in [0.4, 0.5) is 17.1 Å². The lowest BCUT2D eigenvalue weighted by Gasteiger charge is -2.23. The molecule has 3 aromatic carbocycles. The summed E-state index contributed by atoms with van der Waals surface area (Å²) in [5, 5.41) is 4.56. The normalized spacial score (nSPS) is 14.6. The maximum absolute atomic E-state index is 12.8. The molecule has 1 heterocycles. The van der Waals surface area contributed by atoms with E-state index in [9.17, 15) is 18.0 Å². The van der Waals surface area contributed by atoms with E-state index in [1.54, 1.807) is 18.2 Å². The molecule has 0 radical (unpaired) electrons. The predicted octanol–water partition coefficient (Wildman–Crippen LogP) is 3.25. The Balaban J connectivity index is 1.98. The topological polar surface area (TPSA) is 83.6 Å². The second-order valence-corrected chi connectivity index (χ2v) is 8.42. The predicted molar refractivity (Wildman–Crippen MR) is 104 cm³/mol. The first-order valence-corrected chi connectivity index (χ1v) is 10.2. The third-order valence-electron chi connectivity index (χ3n) is 4.48. The van der Waals surface area contributed by atoms with Gasteiger partial charge in [-0.05, 0) is 29.7 Å². The van der Waals surface area contributed by atoms with Crippen molar-refractivity contribution in [3.8, 4) is 0 Å². The number of rotatable bonds is 2. The molecule has 3 aromatic rings. The van der Waals surface area contributed by atoms with Crippen molar-refractivity contribution < 1.29 is 18.0 Å². The zero-order valence-electron chi connectivity index (χ0n) is 14.5. The molecule has 1 N–H and O–H groups in total. The van der Waals surface area contributed by atoms with Crippen LogP contribution in [0.15, 0.2) is 65.6 Å². The van der Waals surface area contributed by atoms with Crippen molar-refractivity contribution in [3.63, 3.8) is 0 Å². The first-order chi connectivity index (χ1) is 12.8. The van der Waals surface area contributed by atoms with Gasteiger partial charge in [0.1, 0.15) is 6.42 Å². The van der Waals surface area contributed by atoms with Crippen molar-refractivity contribution in [2.75, 3.05) is 16.5 Å². The lowest BCUT2D eigenvalue weighted by molar-refractivity contribution is -0.124. The molecule has 0 aliphatic carbocycles. The number of nitrogens with one attached hydrogen (secondary N) is 1. The lowest BCUT2D eigenvalue weighted by Crippen LogP contribution is -2.26. The molecule has 1 aliphatic rings. The van der Waals surface area contributed by atoms with Crippen molar-refractivity contribution in [3.05, 3.63) is 60.7 Å². The second-order valence-electron chi connectivity index (χ2n) is 6.40. The average Bonchev–Trinajstić information content (AvgIpc) is 2.75. The maximum Gasteiger partial charge on any atom is 0.241 e. The van der Waals surface area contributed by atoms with Crippen LogP contribution < -0.4 is 10.2 Å². The second kappa shape index (κ2) is 6.21. The molecule has 136 valence electrons. The van der Waals surface area contributed by atoms with Crippen molar-refractivity contribution in [1.29, 1.82) is 0 Å². The van der Waals surface area contributed by atoms with Crippen molar-refractivity contribution in [1.82, 2.24) is 0 Å². The van der Waals surface area contributed by atoms with Gasteiger partial charge >= 0.3 is 0 Å². The highest BCUT2D eigenvalue weighted by Crippen LogP contribution is 2.40. The van der Waals surface area contributed by atoms with E-state index in [0.717, 1.165) is 17.0 Å². The highest BCUT2D eigenvalue weighted by atomic mass is 32.2. The molecule has 0 atom stereocenters. The summed E-state index contributed by atoms with van der Waals surface area (Å²) in [4.78, 5) is 26.6. The summed E-state index contributed by atoms with van der Waals surface area (Å²) in [6.07, 6.45) is 0.787. The molecule has 0 bridgehead atoms. The van der Waals surface area contributed by atoms with Gasteiger partial charge in [0.2, 0.25) is 11.8 Å². The number of nitrogens with zero attached hydrogens (tertiary/aromatic N) is 1. The zero-order chi connectivity index (χ0) is 19.2. The Morgan fingerprint density at radius 2 is 1.74 bits per heavy atom. The Morgan fingerprint density at radius 1 is 0.963 bits per heavy atom. The number of carbonyl (C=O) groups is 2. The van der Waals surface area contributed by atoms with Gasteiger partial charge < -0.3 is 5.32 Å². The molecular formula is C20H16N2O4S. The molecule has 0 unspecified atom stereocenters. The minimum atomic E-state index is -3.43. The largest absolute Gasteiger partial charge is 0.323 e. The summed E-state index contributed by atoms with van der Waals surface area (Å²) >= 11 is 0. The zero-order valence-corrected chi connectivity index (χ0v) is 15.3. The number of carbonyl (C=O) groups excluding carboxylic acids is 2. The van der Waals surface area contributed by atoms with Crippen LogP contribution in [0.5, 0.6) is 0 Å². The van der Waals surface area contributed by atoms with Crippen molar-refractivity contribution >= 4 is 49.5 Å². The number of fused-ring (bicyclic) bond motifs is 3. The summed E-state index contributed by atoms with van der Waals surface area (Å²) in [6, 6.07) is 17.3. The monoisotopic (exact) mass is 380 g/mol. The highest BCUT2D eigenvalue weighted by Gasteiger charge is 2.29. The standard InChI is InChI=1S/C20H16N2O4S/c1-27(25,26)15-7-4-6-14(11-15)22-17-10-9-13-5-2-3-8-16(13)20(17)21-18(23)12-19(22)24/h2-11H,12H2,1H3,(H,21,23). The van der Waals surface area contributed by atoms with Crippen LogP contribution in [-0.2, 0) is 19.4 Å². The van der Waals surface area contributed by atoms with Gasteiger partial charge in [0.15, 0.2) is 9.84 Å². The Bertz CT molecular complexity index is 1200. The molecular weight excluding hydrogens is 364 g/mol. The summed E-state index contributed by atoms with van der Waals surface area (Å²) < 4.78 is 23.8. The number of hydrogen-bond acceptors (Lipinski definition) is 4. The molecule has 0 spiro atoms. The molecule has 7 heteroatoms. The molecule has 4 rings (SSSR count). The van der Waals surface area contributed by atoms with Crippen LogP contribution in [0, 0.1) is 0 Å². The van der Waals surface area contributed by atoms with Crippen LogP contribution in [0.1, 0.15) is 6.42 Å². The number of hydrogen-bond donors (Lipinski definition) is 1. The van der Waals surface area contributed by atoms with Gasteiger partial charge in [-0.3, -0.25) is 14.5 Å². The van der Waals surface area contributed by atoms with Crippen LogP contribution >= 0.6 is 0 Å². The Kier molecular flexibility index (Phi) is 3.96. The van der Waals surface area contributed by atoms with Crippen LogP contribution in [0.3, 0.4) is 0 Å². The summed E-state index contributed by atoms with van der Waals surface area (Å²) in [6.45, 7) is 0. The average molecular weight is 380 g/mol. The van der Waals surface area contributed by atoms with E-state index in [1.165, 1.54) is 17.0 Å².